The van der Waals surface area contributed by atoms with Gasteiger partial charge in [-0.3, -0.25) is 0 Å². The Morgan fingerprint density at radius 3 is 2.85 bits per heavy atom. The molecule has 0 aromatic rings. The Labute approximate surface area is 80.8 Å². The zero-order valence-electron chi connectivity index (χ0n) is 8.58. The highest BCUT2D eigenvalue weighted by Gasteiger charge is 2.45. The van der Waals surface area contributed by atoms with Gasteiger partial charge in [0.15, 0.2) is 0 Å². The number of hydrogen-bond donors (Lipinski definition) is 0. The van der Waals surface area contributed by atoms with E-state index in [1.54, 1.807) is 0 Å². The molecule has 1 saturated heterocycles. The number of unbranched alkanes of at least 4 members (excludes halogenated alkanes) is 1. The maximum atomic E-state index is 10.9. The average Bonchev–Trinajstić information content (AvgIpc) is 2.09. The average molecular weight is 205 g/mol. The molecule has 1 aliphatic rings. The summed E-state index contributed by atoms with van der Waals surface area (Å²) in [6.07, 6.45) is 3.46. The van der Waals surface area contributed by atoms with Crippen LogP contribution in [0.3, 0.4) is 0 Å². The minimum Gasteiger partial charge on any atom is -0.118 e. The molecular weight excluding hydrogens is 187 g/mol. The highest BCUT2D eigenvalue weighted by molar-refractivity contribution is 7.33. The maximum Gasteiger partial charge on any atom is 0.697 e. The van der Waals surface area contributed by atoms with E-state index in [1.165, 1.54) is 12.8 Å². The van der Waals surface area contributed by atoms with Crippen LogP contribution in [0.1, 0.15) is 40.0 Å². The van der Waals surface area contributed by atoms with E-state index >= 15 is 0 Å². The largest absolute Gasteiger partial charge is 0.697 e. The summed E-state index contributed by atoms with van der Waals surface area (Å²) in [5.74, 6) is 0. The second-order valence-corrected chi connectivity index (χ2v) is 4.92. The second kappa shape index (κ2) is 4.50. The van der Waals surface area contributed by atoms with Crippen LogP contribution in [0.25, 0.3) is 0 Å². The third kappa shape index (κ3) is 2.73. The summed E-state index contributed by atoms with van der Waals surface area (Å²) in [7, 11) is -1.85. The van der Waals surface area contributed by atoms with E-state index in [1.807, 2.05) is 6.92 Å². The fourth-order valence-corrected chi connectivity index (χ4v) is 2.43. The monoisotopic (exact) mass is 205 g/mol. The molecule has 1 aliphatic heterocycles. The van der Waals surface area contributed by atoms with Gasteiger partial charge in [-0.15, -0.1) is 9.05 Å². The van der Waals surface area contributed by atoms with Crippen LogP contribution >= 0.6 is 8.25 Å². The lowest BCUT2D eigenvalue weighted by atomic mass is 9.81. The van der Waals surface area contributed by atoms with Gasteiger partial charge in [0.2, 0.25) is 0 Å². The molecule has 13 heavy (non-hydrogen) atoms. The number of rotatable bonds is 3. The summed E-state index contributed by atoms with van der Waals surface area (Å²) < 4.78 is 21.2. The summed E-state index contributed by atoms with van der Waals surface area (Å²) in [5, 5.41) is 0. The van der Waals surface area contributed by atoms with Gasteiger partial charge < -0.3 is 0 Å². The van der Waals surface area contributed by atoms with Crippen LogP contribution in [-0.2, 0) is 13.6 Å². The van der Waals surface area contributed by atoms with Crippen molar-refractivity contribution >= 4 is 8.25 Å². The molecule has 0 radical (unpaired) electrons. The first-order chi connectivity index (χ1) is 6.08. The maximum absolute atomic E-state index is 10.9. The Bertz CT molecular complexity index is 195. The molecule has 0 aliphatic carbocycles. The topological polar surface area (TPSA) is 35.5 Å². The van der Waals surface area contributed by atoms with Crippen LogP contribution in [-0.4, -0.2) is 12.7 Å². The molecule has 0 N–H and O–H groups in total. The van der Waals surface area contributed by atoms with Gasteiger partial charge in [-0.1, -0.05) is 26.7 Å². The lowest BCUT2D eigenvalue weighted by Gasteiger charge is -2.32. The normalized spacial score (nSPS) is 37.8. The molecule has 0 amide bonds. The summed E-state index contributed by atoms with van der Waals surface area (Å²) in [5.41, 5.74) is 0.0409. The van der Waals surface area contributed by atoms with E-state index in [9.17, 15) is 4.57 Å². The molecule has 0 spiro atoms. The van der Waals surface area contributed by atoms with Crippen molar-refractivity contribution in [2.75, 3.05) is 6.61 Å². The smallest absolute Gasteiger partial charge is 0.118 e. The Hall–Kier alpha value is 0.0200. The molecule has 3 nitrogen and oxygen atoms in total. The molecule has 1 rings (SSSR count). The second-order valence-electron chi connectivity index (χ2n) is 4.00. The quantitative estimate of drug-likeness (QED) is 0.663. The van der Waals surface area contributed by atoms with Gasteiger partial charge in [-0.25, -0.2) is 0 Å². The summed E-state index contributed by atoms with van der Waals surface area (Å²) in [6, 6.07) is 0. The summed E-state index contributed by atoms with van der Waals surface area (Å²) >= 11 is 0. The standard InChI is InChI=1S/C9H18O3P/c1-4-5-6-9(3)7-11-13(10)12-8(9)2/h8H,4-7H2,1-3H3/q+1/t8?,9-/m1/s1. The van der Waals surface area contributed by atoms with Crippen molar-refractivity contribution in [2.45, 2.75) is 46.1 Å². The molecule has 1 fully saturated rings. The van der Waals surface area contributed by atoms with Crippen molar-refractivity contribution in [1.29, 1.82) is 0 Å². The van der Waals surface area contributed by atoms with Crippen molar-refractivity contribution in [3.05, 3.63) is 0 Å². The van der Waals surface area contributed by atoms with Crippen molar-refractivity contribution in [3.63, 3.8) is 0 Å². The predicted molar refractivity (Wildman–Crippen MR) is 51.7 cm³/mol. The van der Waals surface area contributed by atoms with Crippen molar-refractivity contribution in [2.24, 2.45) is 5.41 Å². The molecule has 4 heteroatoms. The van der Waals surface area contributed by atoms with Gasteiger partial charge in [0, 0.05) is 9.98 Å². The SMILES string of the molecule is CCCC[C@]1(C)CO[P+](=O)OC1C. The van der Waals surface area contributed by atoms with Crippen LogP contribution in [0.4, 0.5) is 0 Å². The van der Waals surface area contributed by atoms with Crippen LogP contribution in [0.15, 0.2) is 0 Å². The zero-order chi connectivity index (χ0) is 9.90. The molecule has 0 saturated carbocycles. The lowest BCUT2D eigenvalue weighted by Crippen LogP contribution is -2.38. The van der Waals surface area contributed by atoms with E-state index in [0.717, 1.165) is 6.42 Å². The van der Waals surface area contributed by atoms with E-state index in [4.69, 9.17) is 9.05 Å². The van der Waals surface area contributed by atoms with Gasteiger partial charge in [-0.05, 0) is 13.3 Å². The Balaban J connectivity index is 2.51. The third-order valence-corrected chi connectivity index (χ3v) is 3.66. The first-order valence-electron chi connectivity index (χ1n) is 4.85. The first-order valence-corrected chi connectivity index (χ1v) is 5.95. The molecule has 0 bridgehead atoms. The number of hydrogen-bond acceptors (Lipinski definition) is 3. The zero-order valence-corrected chi connectivity index (χ0v) is 9.47. The van der Waals surface area contributed by atoms with Gasteiger partial charge in [0.05, 0.1) is 0 Å². The lowest BCUT2D eigenvalue weighted by molar-refractivity contribution is -0.0225. The highest BCUT2D eigenvalue weighted by atomic mass is 31.1. The van der Waals surface area contributed by atoms with Crippen LogP contribution < -0.4 is 0 Å². The van der Waals surface area contributed by atoms with E-state index < -0.39 is 8.25 Å². The molecule has 76 valence electrons. The van der Waals surface area contributed by atoms with Gasteiger partial charge in [-0.2, -0.15) is 0 Å². The Morgan fingerprint density at radius 2 is 2.31 bits per heavy atom. The molecule has 0 aromatic heterocycles. The predicted octanol–water partition coefficient (Wildman–Crippen LogP) is 3.28. The van der Waals surface area contributed by atoms with Gasteiger partial charge >= 0.3 is 8.25 Å². The fraction of sp³-hybridized carbons (Fsp3) is 1.00. The fourth-order valence-electron chi connectivity index (χ4n) is 1.46. The first kappa shape index (κ1) is 11.1. The minimum absolute atomic E-state index is 0.0383. The summed E-state index contributed by atoms with van der Waals surface area (Å²) in [6.45, 7) is 6.84. The molecule has 1 heterocycles. The third-order valence-electron chi connectivity index (χ3n) is 2.83. The van der Waals surface area contributed by atoms with Crippen molar-refractivity contribution in [3.8, 4) is 0 Å². The van der Waals surface area contributed by atoms with Crippen LogP contribution in [0.2, 0.25) is 0 Å². The van der Waals surface area contributed by atoms with Gasteiger partial charge in [0.1, 0.15) is 12.7 Å². The molecule has 3 atom stereocenters. The van der Waals surface area contributed by atoms with Crippen LogP contribution in [0, 0.1) is 5.41 Å². The highest BCUT2D eigenvalue weighted by Crippen LogP contribution is 2.43. The van der Waals surface area contributed by atoms with E-state index in [2.05, 4.69) is 13.8 Å². The van der Waals surface area contributed by atoms with Crippen molar-refractivity contribution in [1.82, 2.24) is 0 Å². The molecule has 2 unspecified atom stereocenters. The Kier molecular flexibility index (Phi) is 3.84. The Morgan fingerprint density at radius 1 is 1.62 bits per heavy atom. The molecule has 0 aromatic carbocycles. The molecular formula is C9H18O3P+. The van der Waals surface area contributed by atoms with E-state index in [-0.39, 0.29) is 11.5 Å². The van der Waals surface area contributed by atoms with Crippen molar-refractivity contribution < 1.29 is 13.6 Å². The minimum atomic E-state index is -1.85. The summed E-state index contributed by atoms with van der Waals surface area (Å²) in [4.78, 5) is 0. The van der Waals surface area contributed by atoms with E-state index in [0.29, 0.717) is 6.61 Å². The van der Waals surface area contributed by atoms with Crippen LogP contribution in [0.5, 0.6) is 0 Å². The van der Waals surface area contributed by atoms with Gasteiger partial charge in [0.25, 0.3) is 0 Å².